The molecule has 0 bridgehead atoms. The maximum atomic E-state index is 13.5. The van der Waals surface area contributed by atoms with Crippen LogP contribution in [0.15, 0.2) is 102 Å². The summed E-state index contributed by atoms with van der Waals surface area (Å²) in [6.07, 6.45) is 0.723. The highest BCUT2D eigenvalue weighted by Crippen LogP contribution is 2.37. The first-order valence-corrected chi connectivity index (χ1v) is 21.6. The molecule has 1 unspecified atom stereocenters. The average molecular weight is 782 g/mol. The van der Waals surface area contributed by atoms with Gasteiger partial charge in [-0.15, -0.1) is 28.0 Å². The van der Waals surface area contributed by atoms with Crippen molar-refractivity contribution in [1.29, 1.82) is 0 Å². The highest BCUT2D eigenvalue weighted by atomic mass is 35.5. The molecule has 9 nitrogen and oxygen atoms in total. The number of carbonyl (C=O) groups is 1. The summed E-state index contributed by atoms with van der Waals surface area (Å²) in [4.78, 5) is 27.1. The number of imidazole rings is 1. The van der Waals surface area contributed by atoms with E-state index in [1.165, 1.54) is 22.5 Å². The predicted molar refractivity (Wildman–Crippen MR) is 219 cm³/mol. The Bertz CT molecular complexity index is 2160. The lowest BCUT2D eigenvalue weighted by Gasteiger charge is -2.46. The molecule has 0 radical (unpaired) electrons. The zero-order chi connectivity index (χ0) is 37.9. The van der Waals surface area contributed by atoms with E-state index in [2.05, 4.69) is 86.4 Å². The van der Waals surface area contributed by atoms with Gasteiger partial charge in [-0.05, 0) is 58.2 Å². The van der Waals surface area contributed by atoms with Crippen molar-refractivity contribution in [2.24, 2.45) is 0 Å². The summed E-state index contributed by atoms with van der Waals surface area (Å²) in [6, 6.07) is 31.2. The van der Waals surface area contributed by atoms with Gasteiger partial charge in [-0.25, -0.2) is 14.4 Å². The van der Waals surface area contributed by atoms with E-state index in [0.717, 1.165) is 45.7 Å². The van der Waals surface area contributed by atoms with Gasteiger partial charge in [0.1, 0.15) is 22.5 Å². The molecule has 1 amide bonds. The van der Waals surface area contributed by atoms with E-state index in [1.54, 1.807) is 23.5 Å². The van der Waals surface area contributed by atoms with Crippen LogP contribution in [-0.2, 0) is 22.2 Å². The van der Waals surface area contributed by atoms with Gasteiger partial charge in [-0.1, -0.05) is 88.4 Å². The van der Waals surface area contributed by atoms with Crippen molar-refractivity contribution < 1.29 is 13.6 Å². The molecular formula is C41H45ClFN7O2SSi. The van der Waals surface area contributed by atoms with Gasteiger partial charge in [0.15, 0.2) is 11.5 Å². The Morgan fingerprint density at radius 1 is 0.963 bits per heavy atom. The molecule has 0 spiro atoms. The summed E-state index contributed by atoms with van der Waals surface area (Å²) >= 11 is 7.73. The van der Waals surface area contributed by atoms with Gasteiger partial charge in [0.25, 0.3) is 8.32 Å². The highest BCUT2D eigenvalue weighted by molar-refractivity contribution is 7.10. The largest absolute Gasteiger partial charge is 0.405 e. The van der Waals surface area contributed by atoms with Crippen molar-refractivity contribution in [2.75, 3.05) is 42.3 Å². The summed E-state index contributed by atoms with van der Waals surface area (Å²) in [5.41, 5.74) is 3.33. The van der Waals surface area contributed by atoms with Gasteiger partial charge in [0.2, 0.25) is 5.91 Å². The molecule has 13 heteroatoms. The van der Waals surface area contributed by atoms with Crippen LogP contribution in [-0.4, -0.2) is 76.9 Å². The van der Waals surface area contributed by atoms with Crippen LogP contribution in [0, 0.1) is 5.82 Å². The van der Waals surface area contributed by atoms with Gasteiger partial charge in [-0.3, -0.25) is 4.79 Å². The standard InChI is InChI=1S/C41H45ClFN7O2SSi/c1-5-34-40(44-25-38-46-35(28-53-38)29-16-18-30(43)19-17-29)50-36(45-34)20-21-37(47-50)48-22-23-49(39(51)24-42)31(26-48)27-52-54(41(2,3)4,32-12-8-6-9-13-32)33-14-10-7-11-15-33/h6-21,28,31,44H,5,22-27H2,1-4H3. The van der Waals surface area contributed by atoms with Crippen molar-refractivity contribution in [2.45, 2.75) is 51.7 Å². The molecule has 1 fully saturated rings. The number of piperazine rings is 1. The third-order valence-electron chi connectivity index (χ3n) is 10.1. The van der Waals surface area contributed by atoms with Crippen molar-refractivity contribution in [3.05, 3.63) is 119 Å². The third kappa shape index (κ3) is 7.52. The number of hydrogen-bond donors (Lipinski definition) is 1. The van der Waals surface area contributed by atoms with Gasteiger partial charge in [0, 0.05) is 30.6 Å². The van der Waals surface area contributed by atoms with Crippen LogP contribution in [0.3, 0.4) is 0 Å². The maximum Gasteiger partial charge on any atom is 0.261 e. The Morgan fingerprint density at radius 2 is 1.65 bits per heavy atom. The lowest BCUT2D eigenvalue weighted by atomic mass is 10.1. The molecule has 0 aliphatic carbocycles. The minimum absolute atomic E-state index is 0.0890. The molecule has 1 aliphatic rings. The Labute approximate surface area is 325 Å². The summed E-state index contributed by atoms with van der Waals surface area (Å²) < 4.78 is 22.7. The molecule has 1 saturated heterocycles. The Morgan fingerprint density at radius 3 is 2.28 bits per heavy atom. The van der Waals surface area contributed by atoms with Gasteiger partial charge in [-0.2, -0.15) is 4.52 Å². The fraction of sp³-hybridized carbons (Fsp3) is 0.317. The quantitative estimate of drug-likeness (QED) is 0.106. The van der Waals surface area contributed by atoms with E-state index < -0.39 is 8.32 Å². The van der Waals surface area contributed by atoms with Gasteiger partial charge in [0.05, 0.1) is 30.6 Å². The fourth-order valence-corrected chi connectivity index (χ4v) is 13.0. The van der Waals surface area contributed by atoms with Crippen molar-refractivity contribution >= 4 is 64.8 Å². The van der Waals surface area contributed by atoms with Gasteiger partial charge < -0.3 is 19.5 Å². The molecule has 1 N–H and O–H groups in total. The van der Waals surface area contributed by atoms with Crippen molar-refractivity contribution in [3.8, 4) is 11.3 Å². The van der Waals surface area contributed by atoms with Crippen molar-refractivity contribution in [1.82, 2.24) is 24.5 Å². The number of hydrogen-bond acceptors (Lipinski definition) is 8. The first kappa shape index (κ1) is 37.7. The second kappa shape index (κ2) is 16.0. The normalized spacial score (nSPS) is 15.2. The summed E-state index contributed by atoms with van der Waals surface area (Å²) in [6.45, 7) is 11.3. The molecule has 0 saturated carbocycles. The minimum Gasteiger partial charge on any atom is -0.405 e. The Hall–Kier alpha value is -4.62. The number of halogens is 2. The number of aryl methyl sites for hydroxylation is 1. The molecule has 1 aliphatic heterocycles. The second-order valence-corrected chi connectivity index (χ2v) is 20.0. The number of carbonyl (C=O) groups excluding carboxylic acids is 1. The summed E-state index contributed by atoms with van der Waals surface area (Å²) in [5, 5.41) is 13.7. The SMILES string of the molecule is CCc1nc2ccc(N3CCN(C(=O)CCl)C(CO[Si](c4ccccc4)(c4ccccc4)C(C)(C)C)C3)nn2c1NCc1nc(-c2ccc(F)cc2)cs1. The zero-order valence-electron chi connectivity index (χ0n) is 31.0. The molecule has 6 aromatic rings. The molecule has 4 heterocycles. The monoisotopic (exact) mass is 781 g/mol. The molecule has 3 aromatic carbocycles. The Balaban J connectivity index is 1.16. The predicted octanol–water partition coefficient (Wildman–Crippen LogP) is 7.00. The Kier molecular flexibility index (Phi) is 11.2. The summed E-state index contributed by atoms with van der Waals surface area (Å²) in [7, 11) is -2.86. The average Bonchev–Trinajstić information content (AvgIpc) is 3.81. The zero-order valence-corrected chi connectivity index (χ0v) is 33.6. The lowest BCUT2D eigenvalue weighted by Crippen LogP contribution is -2.68. The van der Waals surface area contributed by atoms with Crippen LogP contribution >= 0.6 is 22.9 Å². The van der Waals surface area contributed by atoms with E-state index in [1.807, 2.05) is 39.1 Å². The smallest absolute Gasteiger partial charge is 0.261 e. The molecule has 280 valence electrons. The van der Waals surface area contributed by atoms with Crippen molar-refractivity contribution in [3.63, 3.8) is 0 Å². The fourth-order valence-electron chi connectivity index (χ4n) is 7.46. The van der Waals surface area contributed by atoms with Crippen LogP contribution in [0.5, 0.6) is 0 Å². The molecule has 54 heavy (non-hydrogen) atoms. The number of rotatable bonds is 12. The number of alkyl halides is 1. The van der Waals surface area contributed by atoms with E-state index >= 15 is 0 Å². The number of nitrogens with one attached hydrogen (secondary N) is 1. The molecule has 1 atom stereocenters. The molecular weight excluding hydrogens is 737 g/mol. The minimum atomic E-state index is -2.86. The maximum absolute atomic E-state index is 13.5. The van der Waals surface area contributed by atoms with Crippen LogP contribution < -0.4 is 20.6 Å². The second-order valence-electron chi connectivity index (χ2n) is 14.5. The van der Waals surface area contributed by atoms with Crippen LogP contribution in [0.25, 0.3) is 16.9 Å². The number of fused-ring (bicyclic) bond motifs is 1. The lowest BCUT2D eigenvalue weighted by molar-refractivity contribution is -0.132. The first-order valence-electron chi connectivity index (χ1n) is 18.3. The van der Waals surface area contributed by atoms with E-state index in [-0.39, 0.29) is 28.7 Å². The topological polar surface area (TPSA) is 87.9 Å². The van der Waals surface area contributed by atoms with Crippen LogP contribution in [0.4, 0.5) is 16.0 Å². The molecule has 3 aromatic heterocycles. The number of thiazole rings is 1. The number of nitrogens with zero attached hydrogens (tertiary/aromatic N) is 6. The number of aromatic nitrogens is 4. The first-order chi connectivity index (χ1) is 26.1. The third-order valence-corrected chi connectivity index (χ3v) is 16.2. The number of benzene rings is 3. The van der Waals surface area contributed by atoms with Crippen LogP contribution in [0.2, 0.25) is 5.04 Å². The van der Waals surface area contributed by atoms with Gasteiger partial charge >= 0.3 is 0 Å². The van der Waals surface area contributed by atoms with E-state index in [4.69, 9.17) is 31.1 Å². The van der Waals surface area contributed by atoms with E-state index in [0.29, 0.717) is 32.8 Å². The number of amides is 1. The van der Waals surface area contributed by atoms with Crippen LogP contribution in [0.1, 0.15) is 38.4 Å². The van der Waals surface area contributed by atoms with E-state index in [9.17, 15) is 9.18 Å². The highest BCUT2D eigenvalue weighted by Gasteiger charge is 2.51. The number of anilines is 2. The summed E-state index contributed by atoms with van der Waals surface area (Å²) in [5.74, 6) is 1.14. The molecule has 7 rings (SSSR count).